The van der Waals surface area contributed by atoms with E-state index in [4.69, 9.17) is 9.47 Å². The van der Waals surface area contributed by atoms with Crippen molar-refractivity contribution in [3.05, 3.63) is 103 Å². The van der Waals surface area contributed by atoms with Gasteiger partial charge in [0.2, 0.25) is 9.74 Å². The number of rotatable bonds is 10. The molecule has 0 radical (unpaired) electrons. The molecule has 1 atom stereocenters. The van der Waals surface area contributed by atoms with E-state index in [9.17, 15) is 25.9 Å². The predicted molar refractivity (Wildman–Crippen MR) is 156 cm³/mol. The van der Waals surface area contributed by atoms with Gasteiger partial charge < -0.3 is 9.47 Å². The maximum atomic E-state index is 12.9. The summed E-state index contributed by atoms with van der Waals surface area (Å²) in [6, 6.07) is 21.4. The zero-order chi connectivity index (χ0) is 30.4. The smallest absolute Gasteiger partial charge is 0.288 e. The highest BCUT2D eigenvalue weighted by molar-refractivity contribution is 8.05. The Morgan fingerprint density at radius 3 is 1.67 bits per heavy atom. The molecule has 14 heteroatoms. The summed E-state index contributed by atoms with van der Waals surface area (Å²) in [5.74, 6) is -0.446. The van der Waals surface area contributed by atoms with Crippen molar-refractivity contribution in [1.29, 1.82) is 0 Å². The van der Waals surface area contributed by atoms with Gasteiger partial charge in [0.05, 0.1) is 25.6 Å². The SMILES string of the molecule is COc1ccc(N=NC2(N=Nc3ccc(OC)cc3)C=CC(C=Cc3ccccc3)C(S(=O)(=O)O)(S(=O)(=O)O)C2)cc1. The summed E-state index contributed by atoms with van der Waals surface area (Å²) in [4.78, 5) is 0. The summed E-state index contributed by atoms with van der Waals surface area (Å²) in [5, 5.41) is 16.7. The first-order valence-corrected chi connectivity index (χ1v) is 15.3. The van der Waals surface area contributed by atoms with Crippen LogP contribution in [0.3, 0.4) is 0 Å². The van der Waals surface area contributed by atoms with Gasteiger partial charge in [-0.1, -0.05) is 48.6 Å². The molecule has 3 aromatic rings. The Kier molecular flexibility index (Phi) is 9.01. The highest BCUT2D eigenvalue weighted by Crippen LogP contribution is 2.47. The second kappa shape index (κ2) is 12.3. The molecular weight excluding hydrogens is 584 g/mol. The molecule has 1 aliphatic carbocycles. The minimum absolute atomic E-state index is 0.304. The van der Waals surface area contributed by atoms with E-state index in [1.54, 1.807) is 78.9 Å². The zero-order valence-corrected chi connectivity index (χ0v) is 24.2. The van der Waals surface area contributed by atoms with Gasteiger partial charge in [0.15, 0.2) is 0 Å². The highest BCUT2D eigenvalue weighted by Gasteiger charge is 2.64. The third-order valence-corrected chi connectivity index (χ3v) is 10.4. The van der Waals surface area contributed by atoms with E-state index in [-0.39, 0.29) is 0 Å². The maximum Gasteiger partial charge on any atom is 0.288 e. The summed E-state index contributed by atoms with van der Waals surface area (Å²) >= 11 is 0. The fraction of sp³-hybridized carbons (Fsp3) is 0.214. The second-order valence-corrected chi connectivity index (χ2v) is 12.9. The number of azo groups is 2. The van der Waals surface area contributed by atoms with Gasteiger partial charge in [0, 0.05) is 12.3 Å². The van der Waals surface area contributed by atoms with Gasteiger partial charge in [-0.2, -0.15) is 37.3 Å². The molecule has 0 fully saturated rings. The Morgan fingerprint density at radius 2 is 1.24 bits per heavy atom. The van der Waals surface area contributed by atoms with E-state index in [1.165, 1.54) is 38.5 Å². The van der Waals surface area contributed by atoms with Crippen LogP contribution in [0.5, 0.6) is 11.5 Å². The quantitative estimate of drug-likeness (QED) is 0.158. The standard InChI is InChI=1S/C28H28N4O8S2/c1-39-25-14-10-23(11-15-25)29-31-27(32-30-24-12-16-26(40-2)17-13-24)19-18-22(9-8-21-6-4-3-5-7-21)28(20-27,41(33,34)35)42(36,37)38/h3-19,22H,20H2,1-2H3,(H,33,34,35)(H,36,37,38). The van der Waals surface area contributed by atoms with Crippen LogP contribution in [-0.4, -0.2) is 49.9 Å². The van der Waals surface area contributed by atoms with Crippen molar-refractivity contribution < 1.29 is 35.4 Å². The van der Waals surface area contributed by atoms with Crippen LogP contribution in [0.2, 0.25) is 0 Å². The van der Waals surface area contributed by atoms with Crippen molar-refractivity contribution in [3.8, 4) is 11.5 Å². The molecule has 0 heterocycles. The van der Waals surface area contributed by atoms with Crippen LogP contribution in [0, 0.1) is 5.92 Å². The van der Waals surface area contributed by atoms with Crippen molar-refractivity contribution in [1.82, 2.24) is 0 Å². The number of allylic oxidation sites excluding steroid dienone is 2. The predicted octanol–water partition coefficient (Wildman–Crippen LogP) is 6.03. The third-order valence-electron chi connectivity index (χ3n) is 6.58. The molecule has 1 unspecified atom stereocenters. The fourth-order valence-electron chi connectivity index (χ4n) is 4.34. The molecule has 0 aromatic heterocycles. The molecule has 4 rings (SSSR count). The molecular formula is C28H28N4O8S2. The highest BCUT2D eigenvalue weighted by atomic mass is 32.3. The molecule has 1 aliphatic rings. The normalized spacial score (nSPS) is 20.8. The average Bonchev–Trinajstić information content (AvgIpc) is 2.98. The second-order valence-electron chi connectivity index (χ2n) is 9.27. The van der Waals surface area contributed by atoms with E-state index < -0.39 is 42.3 Å². The molecule has 0 spiro atoms. The van der Waals surface area contributed by atoms with Crippen molar-refractivity contribution in [2.24, 2.45) is 26.4 Å². The van der Waals surface area contributed by atoms with Crippen molar-refractivity contribution in [2.75, 3.05) is 14.2 Å². The first kappa shape index (κ1) is 30.7. The van der Waals surface area contributed by atoms with Crippen LogP contribution >= 0.6 is 0 Å². The van der Waals surface area contributed by atoms with Gasteiger partial charge in [-0.25, -0.2) is 0 Å². The average molecular weight is 613 g/mol. The summed E-state index contributed by atoms with van der Waals surface area (Å²) in [6.07, 6.45) is 4.22. The molecule has 0 aliphatic heterocycles. The van der Waals surface area contributed by atoms with Crippen LogP contribution in [0.1, 0.15) is 12.0 Å². The van der Waals surface area contributed by atoms with Gasteiger partial charge >= 0.3 is 0 Å². The number of nitrogens with zero attached hydrogens (tertiary/aromatic N) is 4. The lowest BCUT2D eigenvalue weighted by Crippen LogP contribution is -2.56. The minimum Gasteiger partial charge on any atom is -0.497 e. The fourth-order valence-corrected chi connectivity index (χ4v) is 7.19. The Morgan fingerprint density at radius 1 is 0.762 bits per heavy atom. The van der Waals surface area contributed by atoms with Gasteiger partial charge in [-0.05, 0) is 60.2 Å². The summed E-state index contributed by atoms with van der Waals surface area (Å²) in [7, 11) is -8.08. The molecule has 0 saturated carbocycles. The van der Waals surface area contributed by atoms with Crippen LogP contribution in [0.4, 0.5) is 11.4 Å². The van der Waals surface area contributed by atoms with Gasteiger partial charge in [0.1, 0.15) is 11.5 Å². The molecule has 3 aromatic carbocycles. The topological polar surface area (TPSA) is 177 Å². The minimum atomic E-state index is -5.53. The largest absolute Gasteiger partial charge is 0.497 e. The lowest BCUT2D eigenvalue weighted by molar-refractivity contribution is 0.334. The Bertz CT molecular complexity index is 1630. The number of ether oxygens (including phenoxy) is 2. The lowest BCUT2D eigenvalue weighted by atomic mass is 9.87. The van der Waals surface area contributed by atoms with E-state index >= 15 is 0 Å². The van der Waals surface area contributed by atoms with Crippen molar-refractivity contribution in [2.45, 2.75) is 16.2 Å². The van der Waals surface area contributed by atoms with Crippen LogP contribution < -0.4 is 9.47 Å². The summed E-state index contributed by atoms with van der Waals surface area (Å²) < 4.78 is 79.6. The van der Waals surface area contributed by atoms with Crippen LogP contribution in [0.25, 0.3) is 6.08 Å². The van der Waals surface area contributed by atoms with E-state index in [2.05, 4.69) is 20.5 Å². The van der Waals surface area contributed by atoms with Crippen LogP contribution in [0.15, 0.2) is 118 Å². The molecule has 0 amide bonds. The van der Waals surface area contributed by atoms with Gasteiger partial charge in [-0.3, -0.25) is 9.11 Å². The molecule has 2 N–H and O–H groups in total. The summed E-state index contributed by atoms with van der Waals surface area (Å²) in [6.45, 7) is 0. The number of hydrogen-bond donors (Lipinski definition) is 2. The Labute approximate surface area is 243 Å². The van der Waals surface area contributed by atoms with Gasteiger partial charge in [-0.15, -0.1) is 0 Å². The van der Waals surface area contributed by atoms with E-state index in [1.807, 2.05) is 0 Å². The van der Waals surface area contributed by atoms with Crippen LogP contribution in [-0.2, 0) is 20.2 Å². The first-order chi connectivity index (χ1) is 19.9. The molecule has 12 nitrogen and oxygen atoms in total. The molecule has 220 valence electrons. The van der Waals surface area contributed by atoms with Crippen molar-refractivity contribution in [3.63, 3.8) is 0 Å². The van der Waals surface area contributed by atoms with E-state index in [0.29, 0.717) is 28.4 Å². The Balaban J connectivity index is 1.88. The third kappa shape index (κ3) is 6.62. The zero-order valence-electron chi connectivity index (χ0n) is 22.5. The van der Waals surface area contributed by atoms with Crippen molar-refractivity contribution >= 4 is 37.7 Å². The molecule has 0 bridgehead atoms. The Hall–Kier alpha value is -4.24. The number of methoxy groups -OCH3 is 2. The number of hydrogen-bond acceptors (Lipinski definition) is 10. The monoisotopic (exact) mass is 612 g/mol. The first-order valence-electron chi connectivity index (χ1n) is 12.4. The van der Waals surface area contributed by atoms with E-state index in [0.717, 1.165) is 0 Å². The number of benzene rings is 3. The molecule has 42 heavy (non-hydrogen) atoms. The summed E-state index contributed by atoms with van der Waals surface area (Å²) in [5.41, 5.74) is -0.847. The van der Waals surface area contributed by atoms with Gasteiger partial charge in [0.25, 0.3) is 20.2 Å². The molecule has 0 saturated heterocycles. The lowest BCUT2D eigenvalue weighted by Gasteiger charge is -2.39. The maximum absolute atomic E-state index is 12.9.